The zero-order valence-corrected chi connectivity index (χ0v) is 20.8. The minimum absolute atomic E-state index is 0.220. The molecule has 4 rings (SSSR count). The molecule has 4 aromatic rings. The third kappa shape index (κ3) is 6.24. The molecule has 8 nitrogen and oxygen atoms in total. The van der Waals surface area contributed by atoms with Gasteiger partial charge in [-0.05, 0) is 59.3 Å². The van der Waals surface area contributed by atoms with Crippen LogP contribution in [0.25, 0.3) is 10.8 Å². The lowest BCUT2D eigenvalue weighted by molar-refractivity contribution is -0.136. The van der Waals surface area contributed by atoms with Gasteiger partial charge in [0.15, 0.2) is 0 Å². The number of hydrazone groups is 1. The van der Waals surface area contributed by atoms with E-state index in [2.05, 4.69) is 15.8 Å². The van der Waals surface area contributed by atoms with Crippen LogP contribution in [0.1, 0.15) is 15.9 Å². The van der Waals surface area contributed by atoms with Crippen LogP contribution in [-0.4, -0.2) is 31.1 Å². The van der Waals surface area contributed by atoms with Gasteiger partial charge in [0, 0.05) is 11.3 Å². The van der Waals surface area contributed by atoms with Crippen molar-refractivity contribution in [1.29, 1.82) is 0 Å². The molecule has 0 unspecified atom stereocenters. The number of carbonyl (C=O) groups excluding carboxylic acids is 3. The van der Waals surface area contributed by atoms with Gasteiger partial charge in [0.25, 0.3) is 0 Å². The highest BCUT2D eigenvalue weighted by atomic mass is 35.5. The third-order valence-electron chi connectivity index (χ3n) is 5.20. The van der Waals surface area contributed by atoms with Crippen molar-refractivity contribution in [3.63, 3.8) is 0 Å². The Morgan fingerprint density at radius 2 is 1.62 bits per heavy atom. The van der Waals surface area contributed by atoms with Crippen LogP contribution >= 0.6 is 23.2 Å². The number of rotatable bonds is 6. The van der Waals surface area contributed by atoms with E-state index in [-0.39, 0.29) is 10.8 Å². The van der Waals surface area contributed by atoms with Gasteiger partial charge in [0.2, 0.25) is 0 Å². The Hall–Kier alpha value is -4.40. The molecule has 0 atom stereocenters. The van der Waals surface area contributed by atoms with Crippen LogP contribution in [0.5, 0.6) is 11.5 Å². The standard InChI is InChI=1S/C27H19Cl2N3O5/c1-36-19-10-6-17(7-11-19)27(35)37-24-13-8-16-4-2-3-5-20(16)21(24)15-30-32-26(34)25(33)31-18-9-12-22(28)23(29)14-18/h2-15H,1H3,(H,31,33)(H,32,34)/b30-15+. The highest BCUT2D eigenvalue weighted by Gasteiger charge is 2.16. The molecule has 0 saturated heterocycles. The van der Waals surface area contributed by atoms with E-state index < -0.39 is 17.8 Å². The average molecular weight is 536 g/mol. The van der Waals surface area contributed by atoms with Crippen molar-refractivity contribution in [3.05, 3.63) is 100 Å². The molecular formula is C27H19Cl2N3O5. The second kappa shape index (κ2) is 11.6. The van der Waals surface area contributed by atoms with Gasteiger partial charge < -0.3 is 14.8 Å². The fraction of sp³-hybridized carbons (Fsp3) is 0.0370. The molecule has 10 heteroatoms. The largest absolute Gasteiger partial charge is 0.497 e. The number of fused-ring (bicyclic) bond motifs is 1. The van der Waals surface area contributed by atoms with Gasteiger partial charge in [-0.3, -0.25) is 9.59 Å². The predicted molar refractivity (Wildman–Crippen MR) is 143 cm³/mol. The second-order valence-corrected chi connectivity index (χ2v) is 8.41. The van der Waals surface area contributed by atoms with Crippen molar-refractivity contribution in [2.24, 2.45) is 5.10 Å². The maximum absolute atomic E-state index is 12.7. The minimum atomic E-state index is -1.01. The van der Waals surface area contributed by atoms with Crippen molar-refractivity contribution in [1.82, 2.24) is 5.43 Å². The molecule has 0 fully saturated rings. The van der Waals surface area contributed by atoms with Gasteiger partial charge >= 0.3 is 17.8 Å². The summed E-state index contributed by atoms with van der Waals surface area (Å²) in [6.45, 7) is 0. The SMILES string of the molecule is COc1ccc(C(=O)Oc2ccc3ccccc3c2/C=N/NC(=O)C(=O)Nc2ccc(Cl)c(Cl)c2)cc1. The Bertz CT molecular complexity index is 1520. The first kappa shape index (κ1) is 25.7. The van der Waals surface area contributed by atoms with Crippen molar-refractivity contribution < 1.29 is 23.9 Å². The van der Waals surface area contributed by atoms with Crippen molar-refractivity contribution in [2.45, 2.75) is 0 Å². The number of anilines is 1. The fourth-order valence-electron chi connectivity index (χ4n) is 3.35. The van der Waals surface area contributed by atoms with Gasteiger partial charge in [-0.2, -0.15) is 5.10 Å². The maximum atomic E-state index is 12.7. The predicted octanol–water partition coefficient (Wildman–Crippen LogP) is 5.46. The summed E-state index contributed by atoms with van der Waals surface area (Å²) in [7, 11) is 1.53. The average Bonchev–Trinajstić information content (AvgIpc) is 2.91. The van der Waals surface area contributed by atoms with Crippen LogP contribution in [-0.2, 0) is 9.59 Å². The molecular weight excluding hydrogens is 517 g/mol. The first-order valence-corrected chi connectivity index (χ1v) is 11.6. The van der Waals surface area contributed by atoms with Crippen LogP contribution in [0.15, 0.2) is 84.0 Å². The monoisotopic (exact) mass is 535 g/mol. The maximum Gasteiger partial charge on any atom is 0.343 e. The summed E-state index contributed by atoms with van der Waals surface area (Å²) in [6.07, 6.45) is 1.31. The molecule has 0 aliphatic heterocycles. The van der Waals surface area contributed by atoms with Crippen molar-refractivity contribution in [3.8, 4) is 11.5 Å². The number of carbonyl (C=O) groups is 3. The molecule has 0 aliphatic rings. The molecule has 0 radical (unpaired) electrons. The van der Waals surface area contributed by atoms with Crippen LogP contribution in [0.3, 0.4) is 0 Å². The fourth-order valence-corrected chi connectivity index (χ4v) is 3.65. The number of methoxy groups -OCH3 is 1. The number of hydrogen-bond donors (Lipinski definition) is 2. The first-order valence-electron chi connectivity index (χ1n) is 10.8. The molecule has 2 amide bonds. The number of hydrogen-bond acceptors (Lipinski definition) is 6. The summed E-state index contributed by atoms with van der Waals surface area (Å²) in [5.74, 6) is -1.73. The molecule has 2 N–H and O–H groups in total. The topological polar surface area (TPSA) is 106 Å². The summed E-state index contributed by atoms with van der Waals surface area (Å²) in [5, 5.41) is 8.44. The van der Waals surface area contributed by atoms with Gasteiger partial charge in [0.05, 0.1) is 28.9 Å². The summed E-state index contributed by atoms with van der Waals surface area (Å²) in [4.78, 5) is 37.2. The normalized spacial score (nSPS) is 10.8. The zero-order valence-electron chi connectivity index (χ0n) is 19.3. The Kier molecular flexibility index (Phi) is 8.02. The molecule has 0 aliphatic carbocycles. The third-order valence-corrected chi connectivity index (χ3v) is 5.94. The van der Waals surface area contributed by atoms with E-state index in [1.165, 1.54) is 31.5 Å². The van der Waals surface area contributed by atoms with Crippen LogP contribution in [0, 0.1) is 0 Å². The summed E-state index contributed by atoms with van der Waals surface area (Å²) >= 11 is 11.8. The summed E-state index contributed by atoms with van der Waals surface area (Å²) in [6, 6.07) is 21.7. The molecule has 4 aromatic carbocycles. The Labute approximate surface area is 221 Å². The lowest BCUT2D eigenvalue weighted by Crippen LogP contribution is -2.32. The number of esters is 1. The number of nitrogens with one attached hydrogen (secondary N) is 2. The number of nitrogens with zero attached hydrogens (tertiary/aromatic N) is 1. The van der Waals surface area contributed by atoms with Crippen molar-refractivity contribution in [2.75, 3.05) is 12.4 Å². The van der Waals surface area contributed by atoms with Gasteiger partial charge in [0.1, 0.15) is 11.5 Å². The quantitative estimate of drug-likeness (QED) is 0.112. The Morgan fingerprint density at radius 3 is 2.35 bits per heavy atom. The lowest BCUT2D eigenvalue weighted by Gasteiger charge is -2.11. The highest BCUT2D eigenvalue weighted by Crippen LogP contribution is 2.28. The number of ether oxygens (including phenoxy) is 2. The Balaban J connectivity index is 1.52. The van der Waals surface area contributed by atoms with Crippen molar-refractivity contribution >= 4 is 63.7 Å². The molecule has 0 bridgehead atoms. The molecule has 0 aromatic heterocycles. The molecule has 0 saturated carbocycles. The lowest BCUT2D eigenvalue weighted by atomic mass is 10.0. The van der Waals surface area contributed by atoms with Gasteiger partial charge in [-0.1, -0.05) is 53.5 Å². The summed E-state index contributed by atoms with van der Waals surface area (Å²) in [5.41, 5.74) is 3.22. The van der Waals surface area contributed by atoms with E-state index in [1.54, 1.807) is 36.4 Å². The molecule has 0 spiro atoms. The van der Waals surface area contributed by atoms with E-state index in [1.807, 2.05) is 24.3 Å². The molecule has 186 valence electrons. The number of amides is 2. The first-order chi connectivity index (χ1) is 17.9. The second-order valence-electron chi connectivity index (χ2n) is 7.60. The number of halogens is 2. The van der Waals surface area contributed by atoms with E-state index in [9.17, 15) is 14.4 Å². The highest BCUT2D eigenvalue weighted by molar-refractivity contribution is 6.43. The van der Waals surface area contributed by atoms with E-state index in [4.69, 9.17) is 32.7 Å². The van der Waals surface area contributed by atoms with Crippen LogP contribution in [0.2, 0.25) is 10.0 Å². The summed E-state index contributed by atoms with van der Waals surface area (Å²) < 4.78 is 10.7. The van der Waals surface area contributed by atoms with Gasteiger partial charge in [-0.15, -0.1) is 0 Å². The number of benzene rings is 4. The smallest absolute Gasteiger partial charge is 0.343 e. The molecule has 0 heterocycles. The molecule has 37 heavy (non-hydrogen) atoms. The van der Waals surface area contributed by atoms with E-state index >= 15 is 0 Å². The van der Waals surface area contributed by atoms with Crippen LogP contribution in [0.4, 0.5) is 5.69 Å². The van der Waals surface area contributed by atoms with Gasteiger partial charge in [-0.25, -0.2) is 10.2 Å². The zero-order chi connectivity index (χ0) is 26.4. The van der Waals surface area contributed by atoms with E-state index in [0.29, 0.717) is 27.6 Å². The van der Waals surface area contributed by atoms with Crippen LogP contribution < -0.4 is 20.2 Å². The van der Waals surface area contributed by atoms with E-state index in [0.717, 1.165) is 10.8 Å². The minimum Gasteiger partial charge on any atom is -0.497 e. The Morgan fingerprint density at radius 1 is 0.865 bits per heavy atom.